The first-order valence-electron chi connectivity index (χ1n) is 7.95. The highest BCUT2D eigenvalue weighted by Gasteiger charge is 2.35. The van der Waals surface area contributed by atoms with Gasteiger partial charge in [-0.3, -0.25) is 4.79 Å². The first-order valence-corrected chi connectivity index (χ1v) is 8.75. The second-order valence-corrected chi connectivity index (χ2v) is 6.94. The molecular weight excluding hydrogens is 394 g/mol. The maximum atomic E-state index is 12.8. The lowest BCUT2D eigenvalue weighted by Crippen LogP contribution is -2.46. The van der Waals surface area contributed by atoms with Crippen LogP contribution in [0.4, 0.5) is 0 Å². The Kier molecular flexibility index (Phi) is 5.22. The number of aromatic nitrogens is 3. The zero-order chi connectivity index (χ0) is 15.8. The summed E-state index contributed by atoms with van der Waals surface area (Å²) in [6, 6.07) is 7.93. The highest BCUT2D eigenvalue weighted by Crippen LogP contribution is 2.42. The van der Waals surface area contributed by atoms with Crippen molar-refractivity contribution in [3.8, 4) is 5.69 Å². The van der Waals surface area contributed by atoms with Crippen molar-refractivity contribution in [1.82, 2.24) is 25.2 Å². The standard InChI is InChI=1S/C16H18BrN5O.ClH/c17-12-3-5-13(6-4-12)22-15(11-1-2-11)14(19-20-22)16(23)21-9-7-18-8-10-21;/h3-6,11,18H,1-2,7-10H2;1H. The number of nitrogens with one attached hydrogen (secondary N) is 1. The summed E-state index contributed by atoms with van der Waals surface area (Å²) in [7, 11) is 0. The van der Waals surface area contributed by atoms with Crippen LogP contribution in [0.2, 0.25) is 0 Å². The van der Waals surface area contributed by atoms with E-state index in [9.17, 15) is 4.79 Å². The summed E-state index contributed by atoms with van der Waals surface area (Å²) in [6.07, 6.45) is 2.21. The second kappa shape index (κ2) is 7.21. The fraction of sp³-hybridized carbons (Fsp3) is 0.438. The minimum atomic E-state index is 0. The minimum absolute atomic E-state index is 0. The maximum Gasteiger partial charge on any atom is 0.276 e. The number of hydrogen-bond donors (Lipinski definition) is 1. The largest absolute Gasteiger partial charge is 0.335 e. The summed E-state index contributed by atoms with van der Waals surface area (Å²) in [6.45, 7) is 3.14. The number of rotatable bonds is 3. The number of amides is 1. The van der Waals surface area contributed by atoms with Crippen molar-refractivity contribution in [2.24, 2.45) is 0 Å². The molecule has 1 N–H and O–H groups in total. The van der Waals surface area contributed by atoms with Gasteiger partial charge in [0, 0.05) is 36.6 Å². The molecule has 2 aromatic rings. The van der Waals surface area contributed by atoms with Crippen LogP contribution in [0.25, 0.3) is 5.69 Å². The fourth-order valence-electron chi connectivity index (χ4n) is 2.96. The molecule has 0 unspecified atom stereocenters. The van der Waals surface area contributed by atoms with Gasteiger partial charge in [-0.05, 0) is 37.1 Å². The third kappa shape index (κ3) is 3.34. The second-order valence-electron chi connectivity index (χ2n) is 6.03. The highest BCUT2D eigenvalue weighted by atomic mass is 79.9. The average Bonchev–Trinajstić information content (AvgIpc) is 3.34. The van der Waals surface area contributed by atoms with Crippen molar-refractivity contribution < 1.29 is 4.79 Å². The summed E-state index contributed by atoms with van der Waals surface area (Å²) in [5.41, 5.74) is 2.44. The molecule has 1 amide bonds. The molecule has 1 aromatic heterocycles. The molecule has 128 valence electrons. The Balaban J connectivity index is 0.00000169. The van der Waals surface area contributed by atoms with Gasteiger partial charge in [0.15, 0.2) is 5.69 Å². The van der Waals surface area contributed by atoms with E-state index < -0.39 is 0 Å². The van der Waals surface area contributed by atoms with Crippen molar-refractivity contribution in [2.45, 2.75) is 18.8 Å². The summed E-state index contributed by atoms with van der Waals surface area (Å²) in [4.78, 5) is 14.7. The fourth-order valence-corrected chi connectivity index (χ4v) is 3.22. The molecule has 1 aromatic carbocycles. The highest BCUT2D eigenvalue weighted by molar-refractivity contribution is 9.10. The van der Waals surface area contributed by atoms with Gasteiger partial charge < -0.3 is 10.2 Å². The van der Waals surface area contributed by atoms with Crippen LogP contribution in [-0.4, -0.2) is 52.0 Å². The quantitative estimate of drug-likeness (QED) is 0.841. The van der Waals surface area contributed by atoms with E-state index >= 15 is 0 Å². The number of carbonyl (C=O) groups excluding carboxylic acids is 1. The predicted molar refractivity (Wildman–Crippen MR) is 97.1 cm³/mol. The van der Waals surface area contributed by atoms with Gasteiger partial charge in [0.1, 0.15) is 0 Å². The van der Waals surface area contributed by atoms with Crippen LogP contribution >= 0.6 is 28.3 Å². The number of benzene rings is 1. The van der Waals surface area contributed by atoms with Crippen LogP contribution in [0.1, 0.15) is 34.9 Å². The van der Waals surface area contributed by atoms with Gasteiger partial charge in [0.25, 0.3) is 5.91 Å². The maximum absolute atomic E-state index is 12.8. The molecule has 1 aliphatic carbocycles. The molecule has 1 aliphatic heterocycles. The molecule has 0 radical (unpaired) electrons. The number of piperazine rings is 1. The third-order valence-corrected chi connectivity index (χ3v) is 4.88. The number of carbonyl (C=O) groups is 1. The molecule has 2 aliphatic rings. The van der Waals surface area contributed by atoms with Crippen LogP contribution in [0.5, 0.6) is 0 Å². The molecule has 0 spiro atoms. The first kappa shape index (κ1) is 17.4. The molecule has 1 saturated heterocycles. The molecular formula is C16H19BrClN5O. The van der Waals surface area contributed by atoms with E-state index in [-0.39, 0.29) is 18.3 Å². The van der Waals surface area contributed by atoms with Crippen molar-refractivity contribution >= 4 is 34.2 Å². The van der Waals surface area contributed by atoms with Crippen molar-refractivity contribution in [1.29, 1.82) is 0 Å². The third-order valence-electron chi connectivity index (χ3n) is 4.35. The van der Waals surface area contributed by atoms with E-state index in [4.69, 9.17) is 0 Å². The number of hydrogen-bond acceptors (Lipinski definition) is 4. The Labute approximate surface area is 155 Å². The van der Waals surface area contributed by atoms with Gasteiger partial charge in [-0.2, -0.15) is 0 Å². The molecule has 4 rings (SSSR count). The van der Waals surface area contributed by atoms with Crippen LogP contribution in [0.3, 0.4) is 0 Å². The first-order chi connectivity index (χ1) is 11.2. The molecule has 0 atom stereocenters. The van der Waals surface area contributed by atoms with Gasteiger partial charge in [0.05, 0.1) is 11.4 Å². The van der Waals surface area contributed by atoms with E-state index in [1.165, 1.54) is 0 Å². The van der Waals surface area contributed by atoms with E-state index in [1.54, 1.807) is 0 Å². The minimum Gasteiger partial charge on any atom is -0.335 e. The Morgan fingerprint density at radius 3 is 2.46 bits per heavy atom. The smallest absolute Gasteiger partial charge is 0.276 e. The van der Waals surface area contributed by atoms with E-state index in [0.717, 1.165) is 54.9 Å². The SMILES string of the molecule is Cl.O=C(c1nnn(-c2ccc(Br)cc2)c1C1CC1)N1CCNCC1. The Bertz CT molecular complexity index is 723. The summed E-state index contributed by atoms with van der Waals surface area (Å²) in [5.74, 6) is 0.410. The molecule has 1 saturated carbocycles. The zero-order valence-electron chi connectivity index (χ0n) is 13.1. The van der Waals surface area contributed by atoms with Gasteiger partial charge in [-0.25, -0.2) is 4.68 Å². The van der Waals surface area contributed by atoms with Gasteiger partial charge >= 0.3 is 0 Å². The lowest BCUT2D eigenvalue weighted by atomic mass is 10.2. The number of halogens is 2. The number of nitrogens with zero attached hydrogens (tertiary/aromatic N) is 4. The van der Waals surface area contributed by atoms with Crippen LogP contribution in [0, 0.1) is 0 Å². The molecule has 6 nitrogen and oxygen atoms in total. The van der Waals surface area contributed by atoms with Crippen molar-refractivity contribution in [2.75, 3.05) is 26.2 Å². The van der Waals surface area contributed by atoms with Gasteiger partial charge in [-0.15, -0.1) is 17.5 Å². The Morgan fingerprint density at radius 2 is 1.83 bits per heavy atom. The topological polar surface area (TPSA) is 63.1 Å². The zero-order valence-corrected chi connectivity index (χ0v) is 15.5. The van der Waals surface area contributed by atoms with E-state index in [1.807, 2.05) is 33.8 Å². The Hall–Kier alpha value is -1.44. The molecule has 8 heteroatoms. The molecule has 24 heavy (non-hydrogen) atoms. The van der Waals surface area contributed by atoms with E-state index in [0.29, 0.717) is 11.6 Å². The lowest BCUT2D eigenvalue weighted by molar-refractivity contribution is 0.0728. The summed E-state index contributed by atoms with van der Waals surface area (Å²) < 4.78 is 2.85. The molecule has 2 heterocycles. The van der Waals surface area contributed by atoms with Gasteiger partial charge in [-0.1, -0.05) is 21.1 Å². The van der Waals surface area contributed by atoms with Crippen LogP contribution in [-0.2, 0) is 0 Å². The van der Waals surface area contributed by atoms with Gasteiger partial charge in [0.2, 0.25) is 0 Å². The normalized spacial score (nSPS) is 17.5. The predicted octanol–water partition coefficient (Wildman–Crippen LogP) is 2.37. The molecule has 2 fully saturated rings. The summed E-state index contributed by atoms with van der Waals surface area (Å²) >= 11 is 3.45. The average molecular weight is 413 g/mol. The summed E-state index contributed by atoms with van der Waals surface area (Å²) in [5, 5.41) is 11.8. The van der Waals surface area contributed by atoms with Crippen molar-refractivity contribution in [3.05, 3.63) is 40.1 Å². The van der Waals surface area contributed by atoms with Crippen LogP contribution < -0.4 is 5.32 Å². The van der Waals surface area contributed by atoms with E-state index in [2.05, 4.69) is 31.6 Å². The monoisotopic (exact) mass is 411 g/mol. The lowest BCUT2D eigenvalue weighted by Gasteiger charge is -2.26. The Morgan fingerprint density at radius 1 is 1.17 bits per heavy atom. The van der Waals surface area contributed by atoms with Crippen LogP contribution in [0.15, 0.2) is 28.7 Å². The molecule has 0 bridgehead atoms. The van der Waals surface area contributed by atoms with Crippen molar-refractivity contribution in [3.63, 3.8) is 0 Å².